The van der Waals surface area contributed by atoms with Gasteiger partial charge < -0.3 is 19.7 Å². The lowest BCUT2D eigenvalue weighted by Crippen LogP contribution is -2.36. The van der Waals surface area contributed by atoms with Crippen LogP contribution in [0.5, 0.6) is 5.75 Å². The van der Waals surface area contributed by atoms with E-state index in [0.717, 1.165) is 5.56 Å². The Morgan fingerprint density at radius 1 is 1.04 bits per heavy atom. The Bertz CT molecular complexity index is 850. The summed E-state index contributed by atoms with van der Waals surface area (Å²) in [6.07, 6.45) is 0. The summed E-state index contributed by atoms with van der Waals surface area (Å²) in [5.74, 6) is -0.542. The van der Waals surface area contributed by atoms with E-state index in [0.29, 0.717) is 11.4 Å². The normalized spacial score (nSPS) is 10.1. The van der Waals surface area contributed by atoms with Gasteiger partial charge in [0.25, 0.3) is 0 Å². The van der Waals surface area contributed by atoms with Gasteiger partial charge >= 0.3 is 5.97 Å². The van der Waals surface area contributed by atoms with Crippen molar-refractivity contribution in [1.82, 2.24) is 4.90 Å². The van der Waals surface area contributed by atoms with Crippen molar-refractivity contribution < 1.29 is 23.9 Å². The zero-order chi connectivity index (χ0) is 20.5. The predicted molar refractivity (Wildman–Crippen MR) is 105 cm³/mol. The molecular formula is C21H24N2O5. The Kier molecular flexibility index (Phi) is 7.56. The molecule has 1 N–H and O–H groups in total. The minimum Gasteiger partial charge on any atom is -0.496 e. The lowest BCUT2D eigenvalue weighted by Gasteiger charge is -2.22. The topological polar surface area (TPSA) is 84.9 Å². The van der Waals surface area contributed by atoms with Crippen molar-refractivity contribution in [3.63, 3.8) is 0 Å². The summed E-state index contributed by atoms with van der Waals surface area (Å²) in [7, 11) is 1.55. The van der Waals surface area contributed by atoms with Crippen LogP contribution < -0.4 is 10.1 Å². The Morgan fingerprint density at radius 3 is 2.39 bits per heavy atom. The maximum Gasteiger partial charge on any atom is 0.340 e. The van der Waals surface area contributed by atoms with Crippen LogP contribution in [0.3, 0.4) is 0 Å². The number of benzene rings is 2. The third kappa shape index (κ3) is 5.57. The second-order valence-electron chi connectivity index (χ2n) is 6.00. The lowest BCUT2D eigenvalue weighted by atomic mass is 10.1. The van der Waals surface area contributed by atoms with Gasteiger partial charge in [-0.15, -0.1) is 0 Å². The average molecular weight is 384 g/mol. The molecular weight excluding hydrogens is 360 g/mol. The van der Waals surface area contributed by atoms with E-state index in [9.17, 15) is 14.4 Å². The number of rotatable bonds is 8. The van der Waals surface area contributed by atoms with Gasteiger partial charge in [0.2, 0.25) is 11.8 Å². The van der Waals surface area contributed by atoms with E-state index in [2.05, 4.69) is 5.32 Å². The first kappa shape index (κ1) is 21.0. The fourth-order valence-electron chi connectivity index (χ4n) is 2.66. The highest BCUT2D eigenvalue weighted by Crippen LogP contribution is 2.20. The molecule has 0 aromatic heterocycles. The highest BCUT2D eigenvalue weighted by molar-refractivity contribution is 6.02. The van der Waals surface area contributed by atoms with Gasteiger partial charge in [0.05, 0.1) is 25.0 Å². The molecule has 0 bridgehead atoms. The van der Waals surface area contributed by atoms with Crippen molar-refractivity contribution in [3.05, 3.63) is 59.7 Å². The Morgan fingerprint density at radius 2 is 1.71 bits per heavy atom. The molecule has 2 aromatic carbocycles. The monoisotopic (exact) mass is 384 g/mol. The van der Waals surface area contributed by atoms with Gasteiger partial charge in [-0.25, -0.2) is 4.79 Å². The maximum absolute atomic E-state index is 12.5. The molecule has 0 atom stereocenters. The first-order chi connectivity index (χ1) is 13.5. The molecule has 0 aliphatic rings. The van der Waals surface area contributed by atoms with Gasteiger partial charge in [0, 0.05) is 19.0 Å². The highest BCUT2D eigenvalue weighted by atomic mass is 16.5. The molecule has 2 amide bonds. The van der Waals surface area contributed by atoms with Gasteiger partial charge in [-0.05, 0) is 25.1 Å². The van der Waals surface area contributed by atoms with E-state index in [-0.39, 0.29) is 31.2 Å². The number of nitrogens with zero attached hydrogens (tertiary/aromatic N) is 1. The van der Waals surface area contributed by atoms with Crippen LogP contribution in [0, 0.1) is 0 Å². The molecule has 0 heterocycles. The van der Waals surface area contributed by atoms with Crippen LogP contribution in [0.25, 0.3) is 0 Å². The number of anilines is 1. The molecule has 2 aromatic rings. The number of esters is 1. The zero-order valence-corrected chi connectivity index (χ0v) is 16.2. The second kappa shape index (κ2) is 10.1. The predicted octanol–water partition coefficient (Wildman–Crippen LogP) is 2.86. The summed E-state index contributed by atoms with van der Waals surface area (Å²) in [6.45, 7) is 3.41. The van der Waals surface area contributed by atoms with Crippen molar-refractivity contribution in [1.29, 1.82) is 0 Å². The fraction of sp³-hybridized carbons (Fsp3) is 0.286. The molecule has 28 heavy (non-hydrogen) atoms. The van der Waals surface area contributed by atoms with E-state index in [1.54, 1.807) is 44.4 Å². The van der Waals surface area contributed by atoms with Crippen LogP contribution in [-0.2, 0) is 20.9 Å². The number of carbonyl (C=O) groups excluding carboxylic acids is 3. The van der Waals surface area contributed by atoms with Crippen LogP contribution in [0.1, 0.15) is 29.8 Å². The van der Waals surface area contributed by atoms with E-state index in [4.69, 9.17) is 9.47 Å². The second-order valence-corrected chi connectivity index (χ2v) is 6.00. The number of nitrogens with one attached hydrogen (secondary N) is 1. The molecule has 0 fully saturated rings. The number of hydrogen-bond acceptors (Lipinski definition) is 5. The maximum atomic E-state index is 12.5. The first-order valence-electron chi connectivity index (χ1n) is 8.89. The van der Waals surface area contributed by atoms with Crippen molar-refractivity contribution in [2.24, 2.45) is 0 Å². The molecule has 7 nitrogen and oxygen atoms in total. The standard InChI is InChI=1S/C21H24N2O5/c1-4-28-21(26)17-10-6-7-11-18(17)22-20(25)14-23(15(2)24)13-16-9-5-8-12-19(16)27-3/h5-12H,4,13-14H2,1-3H3,(H,22,25). The van der Waals surface area contributed by atoms with Gasteiger partial charge in [-0.2, -0.15) is 0 Å². The van der Waals surface area contributed by atoms with Crippen molar-refractivity contribution in [2.75, 3.05) is 25.6 Å². The van der Waals surface area contributed by atoms with Crippen molar-refractivity contribution in [3.8, 4) is 5.75 Å². The molecule has 0 saturated carbocycles. The number of para-hydroxylation sites is 2. The number of carbonyl (C=O) groups is 3. The number of hydrogen-bond donors (Lipinski definition) is 1. The summed E-state index contributed by atoms with van der Waals surface area (Å²) >= 11 is 0. The summed E-state index contributed by atoms with van der Waals surface area (Å²) in [5.41, 5.74) is 1.39. The molecule has 0 aliphatic heterocycles. The fourth-order valence-corrected chi connectivity index (χ4v) is 2.66. The summed E-state index contributed by atoms with van der Waals surface area (Å²) in [4.78, 5) is 38.0. The van der Waals surface area contributed by atoms with Gasteiger partial charge in [0.1, 0.15) is 12.3 Å². The number of ether oxygens (including phenoxy) is 2. The third-order valence-electron chi connectivity index (χ3n) is 4.03. The van der Waals surface area contributed by atoms with Gasteiger partial charge in [0.15, 0.2) is 0 Å². The SMILES string of the molecule is CCOC(=O)c1ccccc1NC(=O)CN(Cc1ccccc1OC)C(C)=O. The van der Waals surface area contributed by atoms with Crippen molar-refractivity contribution >= 4 is 23.5 Å². The Hall–Kier alpha value is -3.35. The van der Waals surface area contributed by atoms with E-state index in [1.807, 2.05) is 18.2 Å². The largest absolute Gasteiger partial charge is 0.496 e. The molecule has 2 rings (SSSR count). The van der Waals surface area contributed by atoms with Crippen LogP contribution in [0.4, 0.5) is 5.69 Å². The zero-order valence-electron chi connectivity index (χ0n) is 16.2. The smallest absolute Gasteiger partial charge is 0.340 e. The molecule has 7 heteroatoms. The Balaban J connectivity index is 2.12. The highest BCUT2D eigenvalue weighted by Gasteiger charge is 2.18. The van der Waals surface area contributed by atoms with Crippen molar-refractivity contribution in [2.45, 2.75) is 20.4 Å². The first-order valence-corrected chi connectivity index (χ1v) is 8.89. The van der Waals surface area contributed by atoms with E-state index >= 15 is 0 Å². The summed E-state index contributed by atoms with van der Waals surface area (Å²) in [6, 6.07) is 13.9. The van der Waals surface area contributed by atoms with Crippen LogP contribution in [0.2, 0.25) is 0 Å². The molecule has 0 unspecified atom stereocenters. The molecule has 148 valence electrons. The molecule has 0 spiro atoms. The van der Waals surface area contributed by atoms with E-state index in [1.165, 1.54) is 11.8 Å². The van der Waals surface area contributed by atoms with Gasteiger partial charge in [-0.3, -0.25) is 9.59 Å². The molecule has 0 aliphatic carbocycles. The van der Waals surface area contributed by atoms with Crippen LogP contribution in [0.15, 0.2) is 48.5 Å². The van der Waals surface area contributed by atoms with Crippen LogP contribution >= 0.6 is 0 Å². The van der Waals surface area contributed by atoms with Crippen LogP contribution in [-0.4, -0.2) is 42.9 Å². The summed E-state index contributed by atoms with van der Waals surface area (Å²) in [5, 5.41) is 2.68. The van der Waals surface area contributed by atoms with E-state index < -0.39 is 11.9 Å². The number of methoxy groups -OCH3 is 1. The quantitative estimate of drug-likeness (QED) is 0.708. The van der Waals surface area contributed by atoms with Gasteiger partial charge in [-0.1, -0.05) is 30.3 Å². The lowest BCUT2D eigenvalue weighted by molar-refractivity contribution is -0.133. The third-order valence-corrected chi connectivity index (χ3v) is 4.03. The molecule has 0 saturated heterocycles. The summed E-state index contributed by atoms with van der Waals surface area (Å²) < 4.78 is 10.3. The molecule has 0 radical (unpaired) electrons. The number of amides is 2. The average Bonchev–Trinajstić information content (AvgIpc) is 2.68. The minimum atomic E-state index is -0.518. The Labute approximate surface area is 164 Å². The minimum absolute atomic E-state index is 0.162.